The van der Waals surface area contributed by atoms with Gasteiger partial charge in [-0.3, -0.25) is 4.79 Å². The molecule has 2 aromatic rings. The number of aryl methyl sites for hydroxylation is 2. The van der Waals surface area contributed by atoms with Gasteiger partial charge in [-0.15, -0.1) is 0 Å². The molecule has 3 heterocycles. The van der Waals surface area contributed by atoms with E-state index in [1.165, 1.54) is 24.1 Å². The second-order valence-electron chi connectivity index (χ2n) is 9.36. The molecule has 1 aliphatic heterocycles. The number of nitrogens with one attached hydrogen (secondary N) is 1. The number of anilines is 1. The lowest BCUT2D eigenvalue weighted by Gasteiger charge is -2.37. The maximum absolute atomic E-state index is 12.8. The number of hydrogen-bond acceptors (Lipinski definition) is 6. The molecule has 1 atom stereocenters. The van der Waals surface area contributed by atoms with Crippen molar-refractivity contribution in [2.24, 2.45) is 0 Å². The number of amides is 2. The molecule has 0 aromatic carbocycles. The molecule has 1 N–H and O–H groups in total. The van der Waals surface area contributed by atoms with Gasteiger partial charge in [0, 0.05) is 44.1 Å². The van der Waals surface area contributed by atoms with E-state index >= 15 is 0 Å². The number of carbonyl (C=O) groups is 2. The van der Waals surface area contributed by atoms with Crippen molar-refractivity contribution in [2.45, 2.75) is 65.0 Å². The van der Waals surface area contributed by atoms with E-state index in [0.717, 1.165) is 24.2 Å². The fourth-order valence-electron chi connectivity index (χ4n) is 4.34. The third-order valence-corrected chi connectivity index (χ3v) is 5.79. The Bertz CT molecular complexity index is 972. The summed E-state index contributed by atoms with van der Waals surface area (Å²) in [5, 5.41) is 7.40. The van der Waals surface area contributed by atoms with E-state index in [0.29, 0.717) is 26.2 Å². The highest BCUT2D eigenvalue weighted by Crippen LogP contribution is 2.30. The zero-order chi connectivity index (χ0) is 22.2. The average Bonchev–Trinajstić information content (AvgIpc) is 3.10. The molecule has 0 saturated carbocycles. The van der Waals surface area contributed by atoms with E-state index in [1.807, 2.05) is 10.7 Å². The third-order valence-electron chi connectivity index (χ3n) is 5.79. The summed E-state index contributed by atoms with van der Waals surface area (Å²) in [5.41, 5.74) is 3.02. The van der Waals surface area contributed by atoms with Gasteiger partial charge >= 0.3 is 6.09 Å². The molecule has 0 bridgehead atoms. The predicted octanol–water partition coefficient (Wildman–Crippen LogP) is 2.17. The van der Waals surface area contributed by atoms with E-state index in [4.69, 9.17) is 9.84 Å². The maximum Gasteiger partial charge on any atom is 0.408 e. The van der Waals surface area contributed by atoms with Crippen LogP contribution in [0.5, 0.6) is 0 Å². The quantitative estimate of drug-likeness (QED) is 0.806. The highest BCUT2D eigenvalue weighted by molar-refractivity contribution is 5.85. The van der Waals surface area contributed by atoms with Crippen LogP contribution in [-0.2, 0) is 22.4 Å². The van der Waals surface area contributed by atoms with Gasteiger partial charge in [-0.2, -0.15) is 5.10 Å². The molecular formula is C22H32N6O3. The van der Waals surface area contributed by atoms with Crippen molar-refractivity contribution in [1.82, 2.24) is 24.8 Å². The van der Waals surface area contributed by atoms with Crippen molar-refractivity contribution in [2.75, 3.05) is 31.1 Å². The third kappa shape index (κ3) is 4.60. The van der Waals surface area contributed by atoms with Crippen molar-refractivity contribution in [3.05, 3.63) is 23.7 Å². The van der Waals surface area contributed by atoms with Crippen LogP contribution in [0, 0.1) is 0 Å². The van der Waals surface area contributed by atoms with Gasteiger partial charge in [0.1, 0.15) is 17.2 Å². The summed E-state index contributed by atoms with van der Waals surface area (Å²) in [5.74, 6) is 0.851. The number of nitrogens with zero attached hydrogens (tertiary/aromatic N) is 5. The summed E-state index contributed by atoms with van der Waals surface area (Å²) >= 11 is 0. The minimum atomic E-state index is -0.634. The molecule has 1 saturated heterocycles. The first kappa shape index (κ1) is 21.4. The van der Waals surface area contributed by atoms with Crippen LogP contribution in [0.2, 0.25) is 0 Å². The minimum Gasteiger partial charge on any atom is -0.444 e. The van der Waals surface area contributed by atoms with E-state index in [-0.39, 0.29) is 5.91 Å². The molecule has 9 nitrogen and oxygen atoms in total. The Kier molecular flexibility index (Phi) is 5.77. The second kappa shape index (κ2) is 8.36. The molecule has 0 spiro atoms. The Morgan fingerprint density at radius 1 is 1.13 bits per heavy atom. The van der Waals surface area contributed by atoms with Crippen LogP contribution >= 0.6 is 0 Å². The number of ether oxygens (including phenoxy) is 1. The van der Waals surface area contributed by atoms with E-state index in [2.05, 4.69) is 15.2 Å². The highest BCUT2D eigenvalue weighted by Gasteiger charge is 2.29. The molecule has 168 valence electrons. The number of carbonyl (C=O) groups excluding carboxylic acids is 2. The van der Waals surface area contributed by atoms with Crippen LogP contribution in [-0.4, -0.2) is 69.3 Å². The summed E-state index contributed by atoms with van der Waals surface area (Å²) in [4.78, 5) is 33.5. The summed E-state index contributed by atoms with van der Waals surface area (Å²) in [6.45, 7) is 9.63. The highest BCUT2D eigenvalue weighted by atomic mass is 16.6. The summed E-state index contributed by atoms with van der Waals surface area (Å²) in [7, 11) is 0. The molecule has 1 aliphatic carbocycles. The van der Waals surface area contributed by atoms with Crippen LogP contribution in [0.3, 0.4) is 0 Å². The van der Waals surface area contributed by atoms with Gasteiger partial charge in [0.15, 0.2) is 5.82 Å². The lowest BCUT2D eigenvalue weighted by atomic mass is 9.97. The predicted molar refractivity (Wildman–Crippen MR) is 117 cm³/mol. The van der Waals surface area contributed by atoms with Gasteiger partial charge in [0.25, 0.3) is 0 Å². The monoisotopic (exact) mass is 428 g/mol. The van der Waals surface area contributed by atoms with Crippen molar-refractivity contribution in [3.8, 4) is 0 Å². The standard InChI is InChI=1S/C22H32N6O3/c1-15(24-21(30)31-22(2,3)4)20(29)27-13-11-26(12-14-27)19-18-16-7-5-6-8-17(16)25-28(18)10-9-23-19/h9-10,15H,5-8,11-14H2,1-4H3,(H,24,30). The Labute approximate surface area is 182 Å². The fourth-order valence-corrected chi connectivity index (χ4v) is 4.34. The van der Waals surface area contributed by atoms with Crippen molar-refractivity contribution in [3.63, 3.8) is 0 Å². The molecule has 4 rings (SSSR count). The SMILES string of the molecule is CC(NC(=O)OC(C)(C)C)C(=O)N1CCN(c2nccn3nc4c(c23)CCCC4)CC1. The second-order valence-corrected chi connectivity index (χ2v) is 9.36. The zero-order valence-corrected chi connectivity index (χ0v) is 18.8. The van der Waals surface area contributed by atoms with Gasteiger partial charge in [-0.05, 0) is 53.4 Å². The number of hydrogen-bond donors (Lipinski definition) is 1. The van der Waals surface area contributed by atoms with Gasteiger partial charge in [0.2, 0.25) is 5.91 Å². The van der Waals surface area contributed by atoms with Crippen LogP contribution < -0.4 is 10.2 Å². The number of fused-ring (bicyclic) bond motifs is 3. The Hall–Kier alpha value is -2.84. The molecular weight excluding hydrogens is 396 g/mol. The summed E-state index contributed by atoms with van der Waals surface area (Å²) in [6.07, 6.45) is 7.59. The molecule has 2 aliphatic rings. The minimum absolute atomic E-state index is 0.0987. The first-order chi connectivity index (χ1) is 14.7. The van der Waals surface area contributed by atoms with Crippen molar-refractivity contribution >= 4 is 23.3 Å². The number of piperazine rings is 1. The normalized spacial score (nSPS) is 17.9. The number of rotatable bonds is 3. The van der Waals surface area contributed by atoms with Gasteiger partial charge in [-0.25, -0.2) is 14.3 Å². The first-order valence-electron chi connectivity index (χ1n) is 11.1. The molecule has 31 heavy (non-hydrogen) atoms. The Balaban J connectivity index is 1.40. The van der Waals surface area contributed by atoms with Crippen molar-refractivity contribution in [1.29, 1.82) is 0 Å². The number of aromatic nitrogens is 3. The average molecular weight is 429 g/mol. The lowest BCUT2D eigenvalue weighted by Crippen LogP contribution is -2.54. The molecule has 0 radical (unpaired) electrons. The smallest absolute Gasteiger partial charge is 0.408 e. The van der Waals surface area contributed by atoms with Crippen molar-refractivity contribution < 1.29 is 14.3 Å². The molecule has 9 heteroatoms. The van der Waals surface area contributed by atoms with Crippen LogP contribution in [0.1, 0.15) is 51.8 Å². The molecule has 2 amide bonds. The Morgan fingerprint density at radius 2 is 1.84 bits per heavy atom. The first-order valence-corrected chi connectivity index (χ1v) is 11.1. The lowest BCUT2D eigenvalue weighted by molar-refractivity contribution is -0.133. The number of alkyl carbamates (subject to hydrolysis) is 1. The van der Waals surface area contributed by atoms with E-state index < -0.39 is 17.7 Å². The van der Waals surface area contributed by atoms with Gasteiger partial charge < -0.3 is 19.9 Å². The van der Waals surface area contributed by atoms with Crippen LogP contribution in [0.15, 0.2) is 12.4 Å². The fraction of sp³-hybridized carbons (Fsp3) is 0.636. The van der Waals surface area contributed by atoms with E-state index in [9.17, 15) is 9.59 Å². The summed E-state index contributed by atoms with van der Waals surface area (Å²) < 4.78 is 7.21. The molecule has 1 fully saturated rings. The Morgan fingerprint density at radius 3 is 2.55 bits per heavy atom. The van der Waals surface area contributed by atoms with E-state index in [1.54, 1.807) is 38.8 Å². The molecule has 2 aromatic heterocycles. The zero-order valence-electron chi connectivity index (χ0n) is 18.8. The molecule has 1 unspecified atom stereocenters. The van der Waals surface area contributed by atoms with Gasteiger partial charge in [0.05, 0.1) is 5.69 Å². The summed E-state index contributed by atoms with van der Waals surface area (Å²) in [6, 6.07) is -0.634. The van der Waals surface area contributed by atoms with Crippen LogP contribution in [0.25, 0.3) is 5.52 Å². The maximum atomic E-state index is 12.8. The van der Waals surface area contributed by atoms with Gasteiger partial charge in [-0.1, -0.05) is 0 Å². The largest absolute Gasteiger partial charge is 0.444 e. The topological polar surface area (TPSA) is 92.1 Å². The van der Waals surface area contributed by atoms with Crippen LogP contribution in [0.4, 0.5) is 10.6 Å².